The number of nitrogens with zero attached hydrogens (tertiary/aromatic N) is 1. The summed E-state index contributed by atoms with van der Waals surface area (Å²) >= 11 is 0. The first-order valence-electron chi connectivity index (χ1n) is 6.45. The molecule has 2 rings (SSSR count). The summed E-state index contributed by atoms with van der Waals surface area (Å²) in [5.74, 6) is 0. The van der Waals surface area contributed by atoms with E-state index in [1.807, 2.05) is 34.8 Å². The van der Waals surface area contributed by atoms with Gasteiger partial charge in [0.15, 0.2) is 0 Å². The van der Waals surface area contributed by atoms with Crippen LogP contribution in [0.25, 0.3) is 0 Å². The minimum atomic E-state index is 0.559. The lowest BCUT2D eigenvalue weighted by Gasteiger charge is -2.46. The largest absolute Gasteiger partial charge is 0.381 e. The van der Waals surface area contributed by atoms with Crippen LogP contribution in [0.15, 0.2) is 0 Å². The monoisotopic (exact) mass is 215 g/mol. The van der Waals surface area contributed by atoms with Crippen molar-refractivity contribution in [2.45, 2.75) is 53.1 Å². The fourth-order valence-corrected chi connectivity index (χ4v) is 2.74. The van der Waals surface area contributed by atoms with Crippen molar-refractivity contribution in [1.29, 1.82) is 0 Å². The van der Waals surface area contributed by atoms with Gasteiger partial charge in [0.05, 0.1) is 6.10 Å². The van der Waals surface area contributed by atoms with E-state index in [2.05, 4.69) is 11.9 Å². The molecule has 1 heterocycles. The summed E-state index contributed by atoms with van der Waals surface area (Å²) in [6, 6.07) is 0. The lowest BCUT2D eigenvalue weighted by Crippen LogP contribution is -2.52. The third-order valence-electron chi connectivity index (χ3n) is 3.20. The SMILES string of the molecule is CC.CC.COC1CCC2(C1)CN(C)C2. The minimum Gasteiger partial charge on any atom is -0.381 e. The highest BCUT2D eigenvalue weighted by Gasteiger charge is 2.46. The van der Waals surface area contributed by atoms with E-state index < -0.39 is 0 Å². The van der Waals surface area contributed by atoms with Crippen LogP contribution in [-0.2, 0) is 4.74 Å². The molecule has 1 spiro atoms. The second kappa shape index (κ2) is 7.24. The highest BCUT2D eigenvalue weighted by atomic mass is 16.5. The summed E-state index contributed by atoms with van der Waals surface area (Å²) in [5.41, 5.74) is 0.662. The number of methoxy groups -OCH3 is 1. The summed E-state index contributed by atoms with van der Waals surface area (Å²) in [4.78, 5) is 2.40. The van der Waals surface area contributed by atoms with Crippen LogP contribution in [0.4, 0.5) is 0 Å². The van der Waals surface area contributed by atoms with E-state index in [4.69, 9.17) is 4.74 Å². The Labute approximate surface area is 96.0 Å². The molecule has 0 aromatic carbocycles. The van der Waals surface area contributed by atoms with Crippen LogP contribution in [0, 0.1) is 5.41 Å². The Bertz CT molecular complexity index is 153. The molecule has 0 amide bonds. The quantitative estimate of drug-likeness (QED) is 0.666. The van der Waals surface area contributed by atoms with Crippen LogP contribution < -0.4 is 0 Å². The smallest absolute Gasteiger partial charge is 0.0577 e. The predicted molar refractivity (Wildman–Crippen MR) is 67.3 cm³/mol. The Morgan fingerprint density at radius 3 is 2.00 bits per heavy atom. The van der Waals surface area contributed by atoms with Crippen molar-refractivity contribution in [1.82, 2.24) is 4.90 Å². The molecule has 0 aromatic rings. The molecular formula is C13H29NO. The van der Waals surface area contributed by atoms with Crippen LogP contribution in [0.3, 0.4) is 0 Å². The van der Waals surface area contributed by atoms with Gasteiger partial charge in [0, 0.05) is 20.2 Å². The van der Waals surface area contributed by atoms with E-state index in [9.17, 15) is 0 Å². The van der Waals surface area contributed by atoms with Crippen molar-refractivity contribution in [2.24, 2.45) is 5.41 Å². The Hall–Kier alpha value is -0.0800. The van der Waals surface area contributed by atoms with Gasteiger partial charge in [-0.3, -0.25) is 0 Å². The van der Waals surface area contributed by atoms with Gasteiger partial charge in [-0.25, -0.2) is 0 Å². The first kappa shape index (κ1) is 14.9. The summed E-state index contributed by atoms with van der Waals surface area (Å²) in [5, 5.41) is 0. The second-order valence-electron chi connectivity index (χ2n) is 4.27. The zero-order chi connectivity index (χ0) is 11.9. The van der Waals surface area contributed by atoms with Crippen molar-refractivity contribution in [3.05, 3.63) is 0 Å². The van der Waals surface area contributed by atoms with Gasteiger partial charge in [0.25, 0.3) is 0 Å². The number of rotatable bonds is 1. The van der Waals surface area contributed by atoms with Crippen LogP contribution >= 0.6 is 0 Å². The zero-order valence-electron chi connectivity index (χ0n) is 11.5. The molecule has 1 saturated heterocycles. The molecule has 0 bridgehead atoms. The van der Waals surface area contributed by atoms with E-state index in [0.717, 1.165) is 0 Å². The number of hydrogen-bond acceptors (Lipinski definition) is 2. The van der Waals surface area contributed by atoms with Gasteiger partial charge in [-0.1, -0.05) is 27.7 Å². The van der Waals surface area contributed by atoms with Crippen molar-refractivity contribution < 1.29 is 4.74 Å². The first-order chi connectivity index (χ1) is 7.24. The number of ether oxygens (including phenoxy) is 1. The molecule has 92 valence electrons. The maximum absolute atomic E-state index is 5.36. The van der Waals surface area contributed by atoms with Gasteiger partial charge in [-0.15, -0.1) is 0 Å². The van der Waals surface area contributed by atoms with Crippen LogP contribution in [-0.4, -0.2) is 38.3 Å². The summed E-state index contributed by atoms with van der Waals surface area (Å²) in [7, 11) is 4.04. The van der Waals surface area contributed by atoms with Gasteiger partial charge in [0.1, 0.15) is 0 Å². The Morgan fingerprint density at radius 2 is 1.67 bits per heavy atom. The molecular weight excluding hydrogens is 186 g/mol. The molecule has 0 radical (unpaired) electrons. The van der Waals surface area contributed by atoms with Crippen molar-refractivity contribution in [2.75, 3.05) is 27.2 Å². The fraction of sp³-hybridized carbons (Fsp3) is 1.00. The third kappa shape index (κ3) is 3.76. The molecule has 2 heteroatoms. The summed E-state index contributed by atoms with van der Waals surface area (Å²) < 4.78 is 5.36. The Kier molecular flexibility index (Phi) is 7.20. The average Bonchev–Trinajstić information content (AvgIpc) is 2.68. The highest BCUT2D eigenvalue weighted by Crippen LogP contribution is 2.45. The van der Waals surface area contributed by atoms with Crippen LogP contribution in [0.5, 0.6) is 0 Å². The topological polar surface area (TPSA) is 12.5 Å². The minimum absolute atomic E-state index is 0.559. The molecule has 2 fully saturated rings. The molecule has 0 aromatic heterocycles. The third-order valence-corrected chi connectivity index (χ3v) is 3.20. The van der Waals surface area contributed by atoms with E-state index >= 15 is 0 Å². The fourth-order valence-electron chi connectivity index (χ4n) is 2.74. The van der Waals surface area contributed by atoms with E-state index in [1.54, 1.807) is 0 Å². The summed E-state index contributed by atoms with van der Waals surface area (Å²) in [6.45, 7) is 10.6. The normalized spacial score (nSPS) is 27.2. The molecule has 1 aliphatic heterocycles. The summed E-state index contributed by atoms with van der Waals surface area (Å²) in [6.07, 6.45) is 4.53. The standard InChI is InChI=1S/C9H17NO.2C2H6/c1-10-6-9(7-10)4-3-8(5-9)11-2;2*1-2/h8H,3-7H2,1-2H3;2*1-2H3. The van der Waals surface area contributed by atoms with Crippen molar-refractivity contribution in [3.63, 3.8) is 0 Å². The second-order valence-corrected chi connectivity index (χ2v) is 4.27. The van der Waals surface area contributed by atoms with E-state index in [0.29, 0.717) is 11.5 Å². The molecule has 0 N–H and O–H groups in total. The molecule has 2 nitrogen and oxygen atoms in total. The van der Waals surface area contributed by atoms with Crippen LogP contribution in [0.2, 0.25) is 0 Å². The van der Waals surface area contributed by atoms with Crippen LogP contribution in [0.1, 0.15) is 47.0 Å². The molecule has 1 unspecified atom stereocenters. The maximum atomic E-state index is 5.36. The highest BCUT2D eigenvalue weighted by molar-refractivity contribution is 4.99. The predicted octanol–water partition coefficient (Wildman–Crippen LogP) is 3.17. The molecule has 1 atom stereocenters. The van der Waals surface area contributed by atoms with Crippen molar-refractivity contribution >= 4 is 0 Å². The maximum Gasteiger partial charge on any atom is 0.0577 e. The average molecular weight is 215 g/mol. The van der Waals surface area contributed by atoms with Gasteiger partial charge < -0.3 is 9.64 Å². The van der Waals surface area contributed by atoms with E-state index in [-0.39, 0.29) is 0 Å². The van der Waals surface area contributed by atoms with Gasteiger partial charge in [-0.2, -0.15) is 0 Å². The Morgan fingerprint density at radius 1 is 1.13 bits per heavy atom. The van der Waals surface area contributed by atoms with Gasteiger partial charge in [-0.05, 0) is 31.7 Å². The lowest BCUT2D eigenvalue weighted by molar-refractivity contribution is 0.00931. The lowest BCUT2D eigenvalue weighted by atomic mass is 9.79. The number of hydrogen-bond donors (Lipinski definition) is 0. The molecule has 1 saturated carbocycles. The van der Waals surface area contributed by atoms with Gasteiger partial charge >= 0.3 is 0 Å². The first-order valence-corrected chi connectivity index (χ1v) is 6.45. The Balaban J connectivity index is 0.000000442. The molecule has 2 aliphatic rings. The zero-order valence-corrected chi connectivity index (χ0v) is 11.5. The molecule has 15 heavy (non-hydrogen) atoms. The number of likely N-dealkylation sites (tertiary alicyclic amines) is 1. The molecule has 1 aliphatic carbocycles. The van der Waals surface area contributed by atoms with E-state index in [1.165, 1.54) is 32.4 Å². The van der Waals surface area contributed by atoms with Gasteiger partial charge in [0.2, 0.25) is 0 Å². The van der Waals surface area contributed by atoms with Crippen molar-refractivity contribution in [3.8, 4) is 0 Å².